The summed E-state index contributed by atoms with van der Waals surface area (Å²) in [6, 6.07) is 2.37. The molecule has 0 fully saturated rings. The molecule has 0 saturated carbocycles. The van der Waals surface area contributed by atoms with Crippen molar-refractivity contribution in [3.05, 3.63) is 29.7 Å². The lowest BCUT2D eigenvalue weighted by Crippen LogP contribution is -2.33. The number of hydrogen-bond donors (Lipinski definition) is 1. The number of anilines is 1. The van der Waals surface area contributed by atoms with Gasteiger partial charge >= 0.3 is 0 Å². The minimum absolute atomic E-state index is 0.311. The van der Waals surface area contributed by atoms with Crippen molar-refractivity contribution in [3.8, 4) is 0 Å². The summed E-state index contributed by atoms with van der Waals surface area (Å²) in [5.41, 5.74) is 1.02. The van der Waals surface area contributed by atoms with E-state index >= 15 is 0 Å². The summed E-state index contributed by atoms with van der Waals surface area (Å²) < 4.78 is 4.02. The third-order valence-corrected chi connectivity index (χ3v) is 4.51. The number of nitrogens with one attached hydrogen (secondary N) is 1. The molecule has 3 aromatic heterocycles. The van der Waals surface area contributed by atoms with E-state index in [1.165, 1.54) is 0 Å². The van der Waals surface area contributed by atoms with Gasteiger partial charge in [0.15, 0.2) is 0 Å². The fourth-order valence-electron chi connectivity index (χ4n) is 3.25. The van der Waals surface area contributed by atoms with E-state index in [0.29, 0.717) is 17.7 Å². The van der Waals surface area contributed by atoms with Crippen LogP contribution in [0, 0.1) is 0 Å². The van der Waals surface area contributed by atoms with E-state index in [-0.39, 0.29) is 0 Å². The Morgan fingerprint density at radius 2 is 2.21 bits per heavy atom. The van der Waals surface area contributed by atoms with Crippen molar-refractivity contribution in [2.45, 2.75) is 58.5 Å². The summed E-state index contributed by atoms with van der Waals surface area (Å²) in [4.78, 5) is 8.72. The highest BCUT2D eigenvalue weighted by Gasteiger charge is 2.24. The van der Waals surface area contributed by atoms with Crippen molar-refractivity contribution in [2.24, 2.45) is 0 Å². The molecule has 0 aliphatic carbocycles. The van der Waals surface area contributed by atoms with E-state index in [4.69, 9.17) is 0 Å². The lowest BCUT2D eigenvalue weighted by molar-refractivity contribution is 0.458. The molecule has 0 amide bonds. The first-order valence-corrected chi connectivity index (χ1v) is 8.54. The third-order valence-electron chi connectivity index (χ3n) is 4.51. The molecule has 1 aliphatic heterocycles. The van der Waals surface area contributed by atoms with Gasteiger partial charge in [-0.1, -0.05) is 20.8 Å². The minimum Gasteiger partial charge on any atom is -0.365 e. The largest absolute Gasteiger partial charge is 0.365 e. The fraction of sp³-hybridized carbons (Fsp3) is 0.562. The highest BCUT2D eigenvalue weighted by molar-refractivity contribution is 5.45. The molecule has 3 aromatic rings. The first kappa shape index (κ1) is 15.0. The van der Waals surface area contributed by atoms with Crippen LogP contribution in [-0.4, -0.2) is 40.4 Å². The van der Waals surface area contributed by atoms with Gasteiger partial charge in [0.2, 0.25) is 0 Å². The smallest absolute Gasteiger partial charge is 0.254 e. The van der Waals surface area contributed by atoms with E-state index in [1.807, 2.05) is 0 Å². The molecule has 4 heterocycles. The molecule has 24 heavy (non-hydrogen) atoms. The standard InChI is InChI=1S/C16H22N8/c1-4-11-7-14(24-16(20-11)17-9-18-24)19-12-5-6-13-21-22-15(10(2)3)23(13)8-12/h7,9-10,12,19H,4-6,8H2,1-3H3. The predicted octanol–water partition coefficient (Wildman–Crippen LogP) is 1.83. The minimum atomic E-state index is 0.311. The SMILES string of the molecule is CCc1cc(NC2CCc3nnc(C(C)C)n3C2)n2ncnc2n1. The Bertz CT molecular complexity index is 862. The molecule has 0 bridgehead atoms. The number of nitrogens with zero attached hydrogens (tertiary/aromatic N) is 7. The van der Waals surface area contributed by atoms with Crippen LogP contribution in [-0.2, 0) is 19.4 Å². The van der Waals surface area contributed by atoms with Crippen LogP contribution in [0.2, 0.25) is 0 Å². The highest BCUT2D eigenvalue weighted by Crippen LogP contribution is 2.22. The normalized spacial score (nSPS) is 17.4. The molecule has 0 radical (unpaired) electrons. The summed E-state index contributed by atoms with van der Waals surface area (Å²) >= 11 is 0. The molecule has 0 spiro atoms. The number of hydrogen-bond acceptors (Lipinski definition) is 6. The highest BCUT2D eigenvalue weighted by atomic mass is 15.4. The van der Waals surface area contributed by atoms with Crippen molar-refractivity contribution in [1.29, 1.82) is 0 Å². The predicted molar refractivity (Wildman–Crippen MR) is 90.0 cm³/mol. The lowest BCUT2D eigenvalue weighted by atomic mass is 10.1. The number of aromatic nitrogens is 7. The molecule has 8 nitrogen and oxygen atoms in total. The zero-order valence-electron chi connectivity index (χ0n) is 14.3. The zero-order valence-corrected chi connectivity index (χ0v) is 14.3. The molecule has 1 aliphatic rings. The summed E-state index contributed by atoms with van der Waals surface area (Å²) in [6.45, 7) is 7.28. The van der Waals surface area contributed by atoms with Crippen LogP contribution in [0.5, 0.6) is 0 Å². The first-order chi connectivity index (χ1) is 11.7. The van der Waals surface area contributed by atoms with Gasteiger partial charge in [-0.3, -0.25) is 0 Å². The van der Waals surface area contributed by atoms with Crippen molar-refractivity contribution < 1.29 is 0 Å². The van der Waals surface area contributed by atoms with E-state index in [2.05, 4.69) is 62.0 Å². The van der Waals surface area contributed by atoms with Crippen molar-refractivity contribution in [2.75, 3.05) is 5.32 Å². The van der Waals surface area contributed by atoms with Crippen molar-refractivity contribution >= 4 is 11.6 Å². The number of rotatable bonds is 4. The van der Waals surface area contributed by atoms with Gasteiger partial charge in [-0.2, -0.15) is 14.6 Å². The van der Waals surface area contributed by atoms with Gasteiger partial charge in [0.1, 0.15) is 23.8 Å². The monoisotopic (exact) mass is 326 g/mol. The second-order valence-corrected chi connectivity index (χ2v) is 6.58. The Morgan fingerprint density at radius 3 is 3.00 bits per heavy atom. The Morgan fingerprint density at radius 1 is 1.33 bits per heavy atom. The van der Waals surface area contributed by atoms with Gasteiger partial charge in [0.25, 0.3) is 5.78 Å². The Balaban J connectivity index is 1.62. The van der Waals surface area contributed by atoms with Crippen LogP contribution in [0.25, 0.3) is 5.78 Å². The molecule has 1 N–H and O–H groups in total. The van der Waals surface area contributed by atoms with Gasteiger partial charge in [0, 0.05) is 36.7 Å². The summed E-state index contributed by atoms with van der Waals surface area (Å²) in [5, 5.41) is 16.6. The lowest BCUT2D eigenvalue weighted by Gasteiger charge is -2.26. The third kappa shape index (κ3) is 2.51. The topological polar surface area (TPSA) is 85.8 Å². The average molecular weight is 326 g/mol. The van der Waals surface area contributed by atoms with E-state index in [9.17, 15) is 0 Å². The quantitative estimate of drug-likeness (QED) is 0.787. The maximum Gasteiger partial charge on any atom is 0.254 e. The molecule has 0 saturated heterocycles. The van der Waals surface area contributed by atoms with Gasteiger partial charge in [0.05, 0.1) is 0 Å². The fourth-order valence-corrected chi connectivity index (χ4v) is 3.25. The van der Waals surface area contributed by atoms with E-state index in [0.717, 1.165) is 49.0 Å². The maximum atomic E-state index is 4.50. The van der Waals surface area contributed by atoms with Crippen LogP contribution in [0.1, 0.15) is 50.5 Å². The second-order valence-electron chi connectivity index (χ2n) is 6.58. The number of aryl methyl sites for hydroxylation is 2. The van der Waals surface area contributed by atoms with Crippen LogP contribution in [0.3, 0.4) is 0 Å². The first-order valence-electron chi connectivity index (χ1n) is 8.54. The van der Waals surface area contributed by atoms with Gasteiger partial charge < -0.3 is 9.88 Å². The number of fused-ring (bicyclic) bond motifs is 2. The van der Waals surface area contributed by atoms with Gasteiger partial charge in [-0.05, 0) is 12.8 Å². The van der Waals surface area contributed by atoms with Gasteiger partial charge in [-0.25, -0.2) is 4.98 Å². The maximum absolute atomic E-state index is 4.50. The molecule has 126 valence electrons. The van der Waals surface area contributed by atoms with Crippen LogP contribution in [0.15, 0.2) is 12.4 Å². The Labute approximate surface area is 140 Å². The summed E-state index contributed by atoms with van der Waals surface area (Å²) in [6.07, 6.45) is 4.37. The molecule has 0 aromatic carbocycles. The van der Waals surface area contributed by atoms with E-state index in [1.54, 1.807) is 10.8 Å². The molecular weight excluding hydrogens is 304 g/mol. The van der Waals surface area contributed by atoms with Crippen LogP contribution in [0.4, 0.5) is 5.82 Å². The molecule has 8 heteroatoms. The molecule has 4 rings (SSSR count). The van der Waals surface area contributed by atoms with Crippen molar-refractivity contribution in [3.63, 3.8) is 0 Å². The Hall–Kier alpha value is -2.51. The Kier molecular flexibility index (Phi) is 3.66. The molecular formula is C16H22N8. The van der Waals surface area contributed by atoms with Crippen LogP contribution >= 0.6 is 0 Å². The summed E-state index contributed by atoms with van der Waals surface area (Å²) in [7, 11) is 0. The second kappa shape index (κ2) is 5.85. The van der Waals surface area contributed by atoms with Gasteiger partial charge in [-0.15, -0.1) is 10.2 Å². The van der Waals surface area contributed by atoms with E-state index < -0.39 is 0 Å². The summed E-state index contributed by atoms with van der Waals surface area (Å²) in [5.74, 6) is 4.11. The molecule has 1 atom stereocenters. The average Bonchev–Trinajstić information content (AvgIpc) is 3.20. The van der Waals surface area contributed by atoms with Crippen LogP contribution < -0.4 is 5.32 Å². The molecule has 1 unspecified atom stereocenters. The van der Waals surface area contributed by atoms with Crippen molar-refractivity contribution in [1.82, 2.24) is 34.3 Å². The zero-order chi connectivity index (χ0) is 16.7.